The zero-order chi connectivity index (χ0) is 16.1. The van der Waals surface area contributed by atoms with Crippen LogP contribution in [0.15, 0.2) is 18.3 Å². The van der Waals surface area contributed by atoms with Crippen molar-refractivity contribution >= 4 is 40.5 Å². The molecule has 0 bridgehead atoms. The number of amides is 3. The highest BCUT2D eigenvalue weighted by Crippen LogP contribution is 2.45. The number of aryl methyl sites for hydroxylation is 1. The molecule has 6 heteroatoms. The Morgan fingerprint density at radius 2 is 2.04 bits per heavy atom. The van der Waals surface area contributed by atoms with Crippen LogP contribution < -0.4 is 10.2 Å². The van der Waals surface area contributed by atoms with Crippen LogP contribution in [0.25, 0.3) is 10.9 Å². The highest BCUT2D eigenvalue weighted by molar-refractivity contribution is 7.97. The van der Waals surface area contributed by atoms with E-state index in [1.165, 1.54) is 29.3 Å². The van der Waals surface area contributed by atoms with Crippen LogP contribution in [0.3, 0.4) is 0 Å². The minimum atomic E-state index is -0.319. The molecule has 120 valence electrons. The summed E-state index contributed by atoms with van der Waals surface area (Å²) in [6.45, 7) is 2.46. The average Bonchev–Trinajstić information content (AvgIpc) is 3.29. The van der Waals surface area contributed by atoms with E-state index in [9.17, 15) is 9.59 Å². The largest absolute Gasteiger partial charge is 0.328 e. The number of carbonyl (C=O) groups excluding carboxylic acids is 2. The Hall–Kier alpha value is -1.95. The molecule has 1 aromatic heterocycles. The smallest absolute Gasteiger partial charge is 0.293 e. The molecule has 0 spiro atoms. The van der Waals surface area contributed by atoms with Crippen LogP contribution in [0.2, 0.25) is 0 Å². The predicted molar refractivity (Wildman–Crippen MR) is 93.1 cm³/mol. The minimum Gasteiger partial charge on any atom is -0.293 e. The molecule has 2 aliphatic rings. The van der Waals surface area contributed by atoms with E-state index in [-0.39, 0.29) is 11.9 Å². The normalized spacial score (nSPS) is 18.6. The number of hydrogen-bond donors (Lipinski definition) is 1. The molecule has 0 radical (unpaired) electrons. The fourth-order valence-corrected chi connectivity index (χ4v) is 3.88. The number of anilines is 1. The van der Waals surface area contributed by atoms with Crippen LogP contribution in [0.1, 0.15) is 36.3 Å². The second-order valence-corrected chi connectivity index (χ2v) is 7.04. The number of imide groups is 1. The summed E-state index contributed by atoms with van der Waals surface area (Å²) in [5.41, 5.74) is 4.54. The molecule has 2 fully saturated rings. The number of rotatable bonds is 3. The first-order valence-electron chi connectivity index (χ1n) is 7.90. The van der Waals surface area contributed by atoms with Gasteiger partial charge in [0.15, 0.2) is 0 Å². The van der Waals surface area contributed by atoms with Crippen LogP contribution in [0.5, 0.6) is 0 Å². The first-order valence-corrected chi connectivity index (χ1v) is 9.08. The summed E-state index contributed by atoms with van der Waals surface area (Å²) < 4.78 is 2.21. The van der Waals surface area contributed by atoms with Crippen molar-refractivity contribution in [3.8, 4) is 0 Å². The number of fused-ring (bicyclic) bond motifs is 1. The summed E-state index contributed by atoms with van der Waals surface area (Å²) in [7, 11) is 0. The van der Waals surface area contributed by atoms with Crippen molar-refractivity contribution in [3.05, 3.63) is 29.5 Å². The third-order valence-corrected chi connectivity index (χ3v) is 5.37. The second-order valence-electron chi connectivity index (χ2n) is 6.28. The maximum atomic E-state index is 12.2. The Morgan fingerprint density at radius 1 is 1.26 bits per heavy atom. The van der Waals surface area contributed by atoms with Gasteiger partial charge >= 0.3 is 6.03 Å². The lowest BCUT2D eigenvalue weighted by atomic mass is 10.0. The van der Waals surface area contributed by atoms with Gasteiger partial charge in [-0.2, -0.15) is 0 Å². The molecule has 1 N–H and O–H groups in total. The number of nitrogens with one attached hydrogen (secondary N) is 1. The molecule has 1 aromatic carbocycles. The van der Waals surface area contributed by atoms with E-state index in [0.717, 1.165) is 11.3 Å². The van der Waals surface area contributed by atoms with Crippen molar-refractivity contribution in [3.63, 3.8) is 0 Å². The van der Waals surface area contributed by atoms with E-state index in [0.29, 0.717) is 18.9 Å². The summed E-state index contributed by atoms with van der Waals surface area (Å²) in [6.07, 6.45) is 7.15. The van der Waals surface area contributed by atoms with E-state index < -0.39 is 0 Å². The van der Waals surface area contributed by atoms with Crippen LogP contribution in [-0.2, 0) is 4.79 Å². The molecule has 1 saturated carbocycles. The summed E-state index contributed by atoms with van der Waals surface area (Å²) >= 11 is 1.69. The maximum absolute atomic E-state index is 12.2. The van der Waals surface area contributed by atoms with Crippen LogP contribution in [0, 0.1) is 6.92 Å². The zero-order valence-corrected chi connectivity index (χ0v) is 14.1. The molecule has 2 heterocycles. The van der Waals surface area contributed by atoms with Gasteiger partial charge < -0.3 is 0 Å². The fraction of sp³-hybridized carbons (Fsp3) is 0.412. The van der Waals surface area contributed by atoms with Crippen LogP contribution >= 0.6 is 11.9 Å². The third-order valence-electron chi connectivity index (χ3n) is 4.68. The Bertz CT molecular complexity index is 823. The topological polar surface area (TPSA) is 54.3 Å². The van der Waals surface area contributed by atoms with Gasteiger partial charge in [-0.3, -0.25) is 19.0 Å². The van der Waals surface area contributed by atoms with Crippen molar-refractivity contribution in [2.75, 3.05) is 17.7 Å². The molecule has 2 aromatic rings. The third kappa shape index (κ3) is 2.41. The molecule has 4 rings (SSSR count). The van der Waals surface area contributed by atoms with E-state index >= 15 is 0 Å². The zero-order valence-electron chi connectivity index (χ0n) is 13.3. The first-order chi connectivity index (χ1) is 11.1. The molecule has 3 amide bonds. The van der Waals surface area contributed by atoms with Crippen molar-refractivity contribution in [2.24, 2.45) is 0 Å². The van der Waals surface area contributed by atoms with Gasteiger partial charge in [0.25, 0.3) is 0 Å². The van der Waals surface area contributed by atoms with Crippen LogP contribution in [0.4, 0.5) is 10.5 Å². The Kier molecular flexibility index (Phi) is 3.37. The van der Waals surface area contributed by atoms with Crippen molar-refractivity contribution < 1.29 is 9.59 Å². The van der Waals surface area contributed by atoms with Gasteiger partial charge in [-0.15, -0.1) is 0 Å². The average molecular weight is 329 g/mol. The summed E-state index contributed by atoms with van der Waals surface area (Å²) in [4.78, 5) is 25.2. The lowest BCUT2D eigenvalue weighted by Crippen LogP contribution is -2.49. The molecule has 0 atom stereocenters. The number of carbonyl (C=O) groups is 2. The van der Waals surface area contributed by atoms with Gasteiger partial charge in [-0.25, -0.2) is 4.79 Å². The SMILES string of the molecule is CSn1cc(C2CC2)c2cc(N3CCC(=O)NC3=O)c(C)cc21. The molecule has 0 unspecified atom stereocenters. The second kappa shape index (κ2) is 5.30. The number of urea groups is 1. The van der Waals surface area contributed by atoms with Gasteiger partial charge in [0, 0.05) is 36.5 Å². The van der Waals surface area contributed by atoms with Gasteiger partial charge in [-0.1, -0.05) is 0 Å². The molecule has 1 saturated heterocycles. The molecular formula is C17H19N3O2S. The highest BCUT2D eigenvalue weighted by atomic mass is 32.2. The van der Waals surface area contributed by atoms with Gasteiger partial charge in [-0.05, 0) is 60.9 Å². The Morgan fingerprint density at radius 3 is 2.70 bits per heavy atom. The molecular weight excluding hydrogens is 310 g/mol. The lowest BCUT2D eigenvalue weighted by molar-refractivity contribution is -0.120. The number of benzene rings is 1. The Labute approximate surface area is 139 Å². The number of aromatic nitrogens is 1. The lowest BCUT2D eigenvalue weighted by Gasteiger charge is -2.28. The quantitative estimate of drug-likeness (QED) is 0.939. The number of nitrogens with zero attached hydrogens (tertiary/aromatic N) is 2. The van der Waals surface area contributed by atoms with Crippen molar-refractivity contribution in [2.45, 2.75) is 32.1 Å². The van der Waals surface area contributed by atoms with E-state index in [1.807, 2.05) is 6.92 Å². The van der Waals surface area contributed by atoms with E-state index in [1.54, 1.807) is 16.8 Å². The fourth-order valence-electron chi connectivity index (χ4n) is 3.32. The summed E-state index contributed by atoms with van der Waals surface area (Å²) in [5.74, 6) is 0.454. The van der Waals surface area contributed by atoms with E-state index in [2.05, 4.69) is 33.9 Å². The van der Waals surface area contributed by atoms with Crippen molar-refractivity contribution in [1.29, 1.82) is 0 Å². The maximum Gasteiger partial charge on any atom is 0.328 e. The minimum absolute atomic E-state index is 0.197. The monoisotopic (exact) mass is 329 g/mol. The molecule has 5 nitrogen and oxygen atoms in total. The first kappa shape index (κ1) is 14.6. The van der Waals surface area contributed by atoms with Crippen molar-refractivity contribution in [1.82, 2.24) is 9.29 Å². The van der Waals surface area contributed by atoms with E-state index in [4.69, 9.17) is 0 Å². The molecule has 1 aliphatic heterocycles. The summed E-state index contributed by atoms with van der Waals surface area (Å²) in [5, 5.41) is 3.64. The standard InChI is InChI=1S/C17H19N3O2S/c1-10-7-15-12(13(11-3-4-11)9-20(15)23-2)8-14(10)19-6-5-16(21)18-17(19)22/h7-9,11H,3-6H2,1-2H3,(H,18,21,22). The molecule has 23 heavy (non-hydrogen) atoms. The predicted octanol–water partition coefficient (Wildman–Crippen LogP) is 3.40. The molecule has 1 aliphatic carbocycles. The number of hydrogen-bond acceptors (Lipinski definition) is 3. The summed E-state index contributed by atoms with van der Waals surface area (Å²) in [6, 6.07) is 3.96. The van der Waals surface area contributed by atoms with Gasteiger partial charge in [0.05, 0.1) is 5.52 Å². The van der Waals surface area contributed by atoms with Gasteiger partial charge in [0.1, 0.15) is 0 Å². The Balaban J connectivity index is 1.84. The van der Waals surface area contributed by atoms with Gasteiger partial charge in [0.2, 0.25) is 5.91 Å². The highest BCUT2D eigenvalue weighted by Gasteiger charge is 2.30. The van der Waals surface area contributed by atoms with Crippen LogP contribution in [-0.4, -0.2) is 28.7 Å².